The standard InChI is InChI=1S/C17H25NO2/c1-14-5-7-15(8-6-14)17(20)16(9-12-19)13-18-10-3-2-4-11-18/h5-8,16,19H,2-4,9-13H2,1H3. The van der Waals surface area contributed by atoms with Crippen LogP contribution < -0.4 is 0 Å². The fourth-order valence-corrected chi connectivity index (χ4v) is 2.87. The summed E-state index contributed by atoms with van der Waals surface area (Å²) >= 11 is 0. The summed E-state index contributed by atoms with van der Waals surface area (Å²) in [6.07, 6.45) is 4.31. The van der Waals surface area contributed by atoms with Gasteiger partial charge >= 0.3 is 0 Å². The molecule has 0 amide bonds. The van der Waals surface area contributed by atoms with Crippen molar-refractivity contribution in [2.45, 2.75) is 32.6 Å². The van der Waals surface area contributed by atoms with Gasteiger partial charge in [-0.25, -0.2) is 0 Å². The zero-order chi connectivity index (χ0) is 14.4. The van der Waals surface area contributed by atoms with Crippen LogP contribution in [0.2, 0.25) is 0 Å². The van der Waals surface area contributed by atoms with Crippen molar-refractivity contribution in [3.05, 3.63) is 35.4 Å². The highest BCUT2D eigenvalue weighted by molar-refractivity contribution is 5.98. The minimum Gasteiger partial charge on any atom is -0.396 e. The molecule has 3 heteroatoms. The number of hydrogen-bond donors (Lipinski definition) is 1. The van der Waals surface area contributed by atoms with Crippen LogP contribution in [0.1, 0.15) is 41.6 Å². The first kappa shape index (κ1) is 15.2. The predicted octanol–water partition coefficient (Wildman–Crippen LogP) is 2.66. The predicted molar refractivity (Wildman–Crippen MR) is 81.0 cm³/mol. The third-order valence-corrected chi connectivity index (χ3v) is 4.11. The Balaban J connectivity index is 2.02. The summed E-state index contributed by atoms with van der Waals surface area (Å²) in [6.45, 7) is 5.06. The molecule has 0 bridgehead atoms. The van der Waals surface area contributed by atoms with Gasteiger partial charge in [-0.3, -0.25) is 4.79 Å². The Morgan fingerprint density at radius 2 is 1.85 bits per heavy atom. The summed E-state index contributed by atoms with van der Waals surface area (Å²) in [5, 5.41) is 9.24. The van der Waals surface area contributed by atoms with Crippen molar-refractivity contribution in [1.82, 2.24) is 4.90 Å². The second-order valence-electron chi connectivity index (χ2n) is 5.80. The first-order valence-electron chi connectivity index (χ1n) is 7.65. The van der Waals surface area contributed by atoms with Crippen LogP contribution in [0.15, 0.2) is 24.3 Å². The Hall–Kier alpha value is -1.19. The Morgan fingerprint density at radius 1 is 1.20 bits per heavy atom. The molecule has 1 N–H and O–H groups in total. The summed E-state index contributed by atoms with van der Waals surface area (Å²) in [6, 6.07) is 7.75. The molecule has 2 rings (SSSR count). The van der Waals surface area contributed by atoms with Gasteiger partial charge in [0.2, 0.25) is 0 Å². The fraction of sp³-hybridized carbons (Fsp3) is 0.588. The molecule has 1 aliphatic heterocycles. The molecule has 1 aromatic rings. The molecule has 1 atom stereocenters. The number of hydrogen-bond acceptors (Lipinski definition) is 3. The molecule has 0 radical (unpaired) electrons. The number of aliphatic hydroxyl groups is 1. The minimum absolute atomic E-state index is 0.0795. The molecule has 1 unspecified atom stereocenters. The van der Waals surface area contributed by atoms with E-state index < -0.39 is 0 Å². The van der Waals surface area contributed by atoms with Gasteiger partial charge in [-0.1, -0.05) is 36.2 Å². The molecule has 0 saturated carbocycles. The Labute approximate surface area is 121 Å². The highest BCUT2D eigenvalue weighted by atomic mass is 16.3. The van der Waals surface area contributed by atoms with E-state index in [1.54, 1.807) is 0 Å². The van der Waals surface area contributed by atoms with Crippen molar-refractivity contribution in [1.29, 1.82) is 0 Å². The second-order valence-corrected chi connectivity index (χ2v) is 5.80. The van der Waals surface area contributed by atoms with Crippen LogP contribution in [-0.4, -0.2) is 42.0 Å². The molecule has 3 nitrogen and oxygen atoms in total. The lowest BCUT2D eigenvalue weighted by Crippen LogP contribution is -2.37. The van der Waals surface area contributed by atoms with E-state index in [1.807, 2.05) is 31.2 Å². The number of rotatable bonds is 6. The Kier molecular flexibility index (Phi) is 5.74. The van der Waals surface area contributed by atoms with Crippen molar-refractivity contribution in [3.63, 3.8) is 0 Å². The van der Waals surface area contributed by atoms with Gasteiger partial charge in [0.1, 0.15) is 0 Å². The van der Waals surface area contributed by atoms with Crippen LogP contribution in [0.25, 0.3) is 0 Å². The number of aryl methyl sites for hydroxylation is 1. The van der Waals surface area contributed by atoms with E-state index >= 15 is 0 Å². The lowest BCUT2D eigenvalue weighted by Gasteiger charge is -2.29. The number of ketones is 1. The molecule has 1 heterocycles. The largest absolute Gasteiger partial charge is 0.396 e. The normalized spacial score (nSPS) is 17.9. The van der Waals surface area contributed by atoms with Gasteiger partial charge < -0.3 is 10.0 Å². The number of carbonyl (C=O) groups is 1. The van der Waals surface area contributed by atoms with Gasteiger partial charge in [0.05, 0.1) is 0 Å². The summed E-state index contributed by atoms with van der Waals surface area (Å²) in [4.78, 5) is 15.0. The lowest BCUT2D eigenvalue weighted by molar-refractivity contribution is 0.0833. The molecule has 0 aromatic heterocycles. The highest BCUT2D eigenvalue weighted by Crippen LogP contribution is 2.17. The van der Waals surface area contributed by atoms with E-state index in [9.17, 15) is 9.90 Å². The molecule has 0 aliphatic carbocycles. The van der Waals surface area contributed by atoms with Crippen molar-refractivity contribution < 1.29 is 9.90 Å². The van der Waals surface area contributed by atoms with E-state index in [2.05, 4.69) is 4.90 Å². The number of Topliss-reactive ketones (excluding diaryl/α,β-unsaturated/α-hetero) is 1. The van der Waals surface area contributed by atoms with E-state index in [0.29, 0.717) is 6.42 Å². The van der Waals surface area contributed by atoms with Crippen molar-refractivity contribution in [2.75, 3.05) is 26.2 Å². The van der Waals surface area contributed by atoms with Gasteiger partial charge in [0.15, 0.2) is 5.78 Å². The van der Waals surface area contributed by atoms with Gasteiger partial charge in [-0.2, -0.15) is 0 Å². The van der Waals surface area contributed by atoms with Crippen molar-refractivity contribution >= 4 is 5.78 Å². The number of likely N-dealkylation sites (tertiary alicyclic amines) is 1. The molecule has 20 heavy (non-hydrogen) atoms. The van der Waals surface area contributed by atoms with E-state index in [-0.39, 0.29) is 18.3 Å². The highest BCUT2D eigenvalue weighted by Gasteiger charge is 2.23. The molecule has 1 aliphatic rings. The summed E-state index contributed by atoms with van der Waals surface area (Å²) in [5.41, 5.74) is 1.93. The molecular weight excluding hydrogens is 250 g/mol. The third-order valence-electron chi connectivity index (χ3n) is 4.11. The average Bonchev–Trinajstić information content (AvgIpc) is 2.48. The van der Waals surface area contributed by atoms with Gasteiger partial charge in [0, 0.05) is 24.6 Å². The number of aliphatic hydroxyl groups excluding tert-OH is 1. The van der Waals surface area contributed by atoms with Crippen LogP contribution in [-0.2, 0) is 0 Å². The number of nitrogens with zero attached hydrogens (tertiary/aromatic N) is 1. The topological polar surface area (TPSA) is 40.5 Å². The van der Waals surface area contributed by atoms with Crippen molar-refractivity contribution in [2.24, 2.45) is 5.92 Å². The Bertz CT molecular complexity index is 421. The molecule has 1 saturated heterocycles. The quantitative estimate of drug-likeness (QED) is 0.811. The number of carbonyl (C=O) groups excluding carboxylic acids is 1. The van der Waals surface area contributed by atoms with Crippen molar-refractivity contribution in [3.8, 4) is 0 Å². The maximum Gasteiger partial charge on any atom is 0.167 e. The smallest absolute Gasteiger partial charge is 0.167 e. The molecule has 0 spiro atoms. The number of benzene rings is 1. The fourth-order valence-electron chi connectivity index (χ4n) is 2.87. The minimum atomic E-state index is -0.0826. The zero-order valence-corrected chi connectivity index (χ0v) is 12.3. The SMILES string of the molecule is Cc1ccc(C(=O)C(CCO)CN2CCCCC2)cc1. The molecule has 1 aromatic carbocycles. The second kappa shape index (κ2) is 7.55. The summed E-state index contributed by atoms with van der Waals surface area (Å²) in [5.74, 6) is 0.0884. The van der Waals surface area contributed by atoms with Gasteiger partial charge in [-0.05, 0) is 39.3 Å². The summed E-state index contributed by atoms with van der Waals surface area (Å²) in [7, 11) is 0. The summed E-state index contributed by atoms with van der Waals surface area (Å²) < 4.78 is 0. The zero-order valence-electron chi connectivity index (χ0n) is 12.3. The average molecular weight is 275 g/mol. The Morgan fingerprint density at radius 3 is 2.45 bits per heavy atom. The lowest BCUT2D eigenvalue weighted by atomic mass is 9.93. The van der Waals surface area contributed by atoms with Gasteiger partial charge in [-0.15, -0.1) is 0 Å². The van der Waals surface area contributed by atoms with Crippen LogP contribution in [0.4, 0.5) is 0 Å². The first-order chi connectivity index (χ1) is 9.70. The monoisotopic (exact) mass is 275 g/mol. The van der Waals surface area contributed by atoms with Crippen LogP contribution in [0.3, 0.4) is 0 Å². The first-order valence-corrected chi connectivity index (χ1v) is 7.65. The van der Waals surface area contributed by atoms with Crippen LogP contribution >= 0.6 is 0 Å². The molecule has 1 fully saturated rings. The van der Waals surface area contributed by atoms with E-state index in [1.165, 1.54) is 19.3 Å². The maximum absolute atomic E-state index is 12.6. The molecular formula is C17H25NO2. The number of piperidine rings is 1. The van der Waals surface area contributed by atoms with E-state index in [4.69, 9.17) is 0 Å². The molecule has 110 valence electrons. The third kappa shape index (κ3) is 4.15. The van der Waals surface area contributed by atoms with Crippen LogP contribution in [0, 0.1) is 12.8 Å². The van der Waals surface area contributed by atoms with Crippen LogP contribution in [0.5, 0.6) is 0 Å². The van der Waals surface area contributed by atoms with Gasteiger partial charge in [0.25, 0.3) is 0 Å². The van der Waals surface area contributed by atoms with E-state index in [0.717, 1.165) is 30.8 Å². The maximum atomic E-state index is 12.6.